The summed E-state index contributed by atoms with van der Waals surface area (Å²) in [6.45, 7) is 5.99. The van der Waals surface area contributed by atoms with Crippen LogP contribution in [0.4, 0.5) is 5.69 Å². The summed E-state index contributed by atoms with van der Waals surface area (Å²) in [5.41, 5.74) is 1.11. The SMILES string of the molecule is CCCCCCC(C)Nc1cnn(CCOC)c1. The molecule has 0 amide bonds. The van der Waals surface area contributed by atoms with E-state index < -0.39 is 0 Å². The molecule has 1 aromatic heterocycles. The third-order valence-corrected chi connectivity index (χ3v) is 3.06. The highest BCUT2D eigenvalue weighted by Gasteiger charge is 2.04. The highest BCUT2D eigenvalue weighted by Crippen LogP contribution is 2.11. The van der Waals surface area contributed by atoms with Crippen molar-refractivity contribution in [1.82, 2.24) is 9.78 Å². The average Bonchev–Trinajstić information content (AvgIpc) is 2.80. The Bertz CT molecular complexity index is 312. The van der Waals surface area contributed by atoms with E-state index in [1.54, 1.807) is 7.11 Å². The van der Waals surface area contributed by atoms with E-state index in [9.17, 15) is 0 Å². The van der Waals surface area contributed by atoms with Gasteiger partial charge in [0.05, 0.1) is 25.0 Å². The first-order valence-corrected chi connectivity index (χ1v) is 7.04. The van der Waals surface area contributed by atoms with Crippen molar-refractivity contribution in [2.75, 3.05) is 19.0 Å². The summed E-state index contributed by atoms with van der Waals surface area (Å²) in [6, 6.07) is 0.516. The number of nitrogens with one attached hydrogen (secondary N) is 1. The Morgan fingerprint density at radius 2 is 2.22 bits per heavy atom. The van der Waals surface area contributed by atoms with Crippen LogP contribution in [-0.2, 0) is 11.3 Å². The van der Waals surface area contributed by atoms with Crippen LogP contribution in [0.1, 0.15) is 46.0 Å². The first kappa shape index (κ1) is 15.0. The summed E-state index contributed by atoms with van der Waals surface area (Å²) < 4.78 is 6.94. The Morgan fingerprint density at radius 3 is 2.94 bits per heavy atom. The predicted molar refractivity (Wildman–Crippen MR) is 75.9 cm³/mol. The molecule has 0 bridgehead atoms. The monoisotopic (exact) mass is 253 g/mol. The van der Waals surface area contributed by atoms with Crippen molar-refractivity contribution in [2.45, 2.75) is 58.5 Å². The Labute approximate surface area is 111 Å². The van der Waals surface area contributed by atoms with Crippen LogP contribution >= 0.6 is 0 Å². The maximum absolute atomic E-state index is 5.03. The van der Waals surface area contributed by atoms with Gasteiger partial charge in [0.2, 0.25) is 0 Å². The number of rotatable bonds is 10. The van der Waals surface area contributed by atoms with Gasteiger partial charge < -0.3 is 10.1 Å². The Hall–Kier alpha value is -1.03. The molecule has 4 heteroatoms. The summed E-state index contributed by atoms with van der Waals surface area (Å²) in [5, 5.41) is 7.78. The Morgan fingerprint density at radius 1 is 1.39 bits per heavy atom. The molecule has 1 aromatic rings. The largest absolute Gasteiger partial charge is 0.383 e. The molecule has 18 heavy (non-hydrogen) atoms. The second-order valence-electron chi connectivity index (χ2n) is 4.88. The Kier molecular flexibility index (Phi) is 7.49. The van der Waals surface area contributed by atoms with Crippen molar-refractivity contribution in [1.29, 1.82) is 0 Å². The fraction of sp³-hybridized carbons (Fsp3) is 0.786. The van der Waals surface area contributed by atoms with Crippen LogP contribution in [0.5, 0.6) is 0 Å². The maximum Gasteiger partial charge on any atom is 0.0728 e. The number of hydrogen-bond donors (Lipinski definition) is 1. The average molecular weight is 253 g/mol. The minimum atomic E-state index is 0.516. The van der Waals surface area contributed by atoms with Crippen molar-refractivity contribution < 1.29 is 4.74 Å². The zero-order valence-corrected chi connectivity index (χ0v) is 12.0. The Balaban J connectivity index is 2.22. The van der Waals surface area contributed by atoms with E-state index in [0.29, 0.717) is 12.6 Å². The summed E-state index contributed by atoms with van der Waals surface area (Å²) >= 11 is 0. The fourth-order valence-electron chi connectivity index (χ4n) is 1.98. The molecule has 1 N–H and O–H groups in total. The van der Waals surface area contributed by atoms with Crippen molar-refractivity contribution >= 4 is 5.69 Å². The molecule has 1 unspecified atom stereocenters. The van der Waals surface area contributed by atoms with Crippen LogP contribution in [0.2, 0.25) is 0 Å². The molecule has 0 spiro atoms. The van der Waals surface area contributed by atoms with Crippen molar-refractivity contribution in [3.63, 3.8) is 0 Å². The molecule has 4 nitrogen and oxygen atoms in total. The van der Waals surface area contributed by atoms with Crippen molar-refractivity contribution in [3.8, 4) is 0 Å². The molecule has 1 atom stereocenters. The minimum Gasteiger partial charge on any atom is -0.383 e. The van der Waals surface area contributed by atoms with Gasteiger partial charge in [-0.2, -0.15) is 5.10 Å². The van der Waals surface area contributed by atoms with Gasteiger partial charge in [-0.1, -0.05) is 32.6 Å². The van der Waals surface area contributed by atoms with Crippen LogP contribution in [0, 0.1) is 0 Å². The lowest BCUT2D eigenvalue weighted by Gasteiger charge is -2.13. The second kappa shape index (κ2) is 8.97. The summed E-state index contributed by atoms with van der Waals surface area (Å²) in [7, 11) is 1.71. The third kappa shape index (κ3) is 6.05. The highest BCUT2D eigenvalue weighted by atomic mass is 16.5. The first-order valence-electron chi connectivity index (χ1n) is 7.04. The van der Waals surface area contributed by atoms with Gasteiger partial charge in [-0.3, -0.25) is 4.68 Å². The zero-order valence-electron chi connectivity index (χ0n) is 12.0. The molecule has 1 rings (SSSR count). The van der Waals surface area contributed by atoms with Gasteiger partial charge in [-0.05, 0) is 13.3 Å². The summed E-state index contributed by atoms with van der Waals surface area (Å²) in [5.74, 6) is 0. The number of methoxy groups -OCH3 is 1. The van der Waals surface area contributed by atoms with E-state index in [1.165, 1.54) is 32.1 Å². The number of nitrogens with zero attached hydrogens (tertiary/aromatic N) is 2. The van der Waals surface area contributed by atoms with Crippen molar-refractivity contribution in [3.05, 3.63) is 12.4 Å². The molecule has 0 aliphatic heterocycles. The van der Waals surface area contributed by atoms with Crippen LogP contribution in [0.15, 0.2) is 12.4 Å². The topological polar surface area (TPSA) is 39.1 Å². The third-order valence-electron chi connectivity index (χ3n) is 3.06. The molecule has 0 aliphatic rings. The standard InChI is InChI=1S/C14H27N3O/c1-4-5-6-7-8-13(2)16-14-11-15-17(12-14)9-10-18-3/h11-13,16H,4-10H2,1-3H3. The van der Waals surface area contributed by atoms with E-state index in [1.807, 2.05) is 17.1 Å². The molecular formula is C14H27N3O. The van der Waals surface area contributed by atoms with Crippen molar-refractivity contribution in [2.24, 2.45) is 0 Å². The molecule has 0 aliphatic carbocycles. The molecule has 0 fully saturated rings. The number of ether oxygens (including phenoxy) is 1. The van der Waals surface area contributed by atoms with Gasteiger partial charge >= 0.3 is 0 Å². The fourth-order valence-corrected chi connectivity index (χ4v) is 1.98. The van der Waals surface area contributed by atoms with Crippen LogP contribution in [-0.4, -0.2) is 29.5 Å². The van der Waals surface area contributed by atoms with Crippen LogP contribution < -0.4 is 5.32 Å². The van der Waals surface area contributed by atoms with E-state index in [4.69, 9.17) is 4.74 Å². The molecule has 104 valence electrons. The lowest BCUT2D eigenvalue weighted by atomic mass is 10.1. The van der Waals surface area contributed by atoms with E-state index in [-0.39, 0.29) is 0 Å². The number of hydrogen-bond acceptors (Lipinski definition) is 3. The number of unbranched alkanes of at least 4 members (excludes halogenated alkanes) is 3. The lowest BCUT2D eigenvalue weighted by molar-refractivity contribution is 0.183. The molecule has 0 radical (unpaired) electrons. The van der Waals surface area contributed by atoms with Gasteiger partial charge in [-0.25, -0.2) is 0 Å². The van der Waals surface area contributed by atoms with Gasteiger partial charge in [0.15, 0.2) is 0 Å². The molecule has 0 saturated carbocycles. The predicted octanol–water partition coefficient (Wildman–Crippen LogP) is 3.30. The van der Waals surface area contributed by atoms with Gasteiger partial charge in [0.1, 0.15) is 0 Å². The van der Waals surface area contributed by atoms with E-state index in [0.717, 1.165) is 12.2 Å². The van der Waals surface area contributed by atoms with Gasteiger partial charge in [-0.15, -0.1) is 0 Å². The quantitative estimate of drug-likeness (QED) is 0.650. The second-order valence-corrected chi connectivity index (χ2v) is 4.88. The smallest absolute Gasteiger partial charge is 0.0728 e. The molecule has 0 saturated heterocycles. The summed E-state index contributed by atoms with van der Waals surface area (Å²) in [6.07, 6.45) is 10.5. The van der Waals surface area contributed by atoms with E-state index >= 15 is 0 Å². The van der Waals surface area contributed by atoms with Crippen LogP contribution in [0.25, 0.3) is 0 Å². The maximum atomic E-state index is 5.03. The minimum absolute atomic E-state index is 0.516. The molecule has 1 heterocycles. The summed E-state index contributed by atoms with van der Waals surface area (Å²) in [4.78, 5) is 0. The van der Waals surface area contributed by atoms with Gasteiger partial charge in [0.25, 0.3) is 0 Å². The van der Waals surface area contributed by atoms with E-state index in [2.05, 4.69) is 24.3 Å². The normalized spacial score (nSPS) is 12.6. The zero-order chi connectivity index (χ0) is 13.2. The number of anilines is 1. The first-order chi connectivity index (χ1) is 8.76. The highest BCUT2D eigenvalue weighted by molar-refractivity contribution is 5.38. The lowest BCUT2D eigenvalue weighted by Crippen LogP contribution is -2.14. The molecular weight excluding hydrogens is 226 g/mol. The van der Waals surface area contributed by atoms with Gasteiger partial charge in [0, 0.05) is 19.3 Å². The molecule has 0 aromatic carbocycles. The number of aromatic nitrogens is 2. The van der Waals surface area contributed by atoms with Crippen LogP contribution in [0.3, 0.4) is 0 Å².